The van der Waals surface area contributed by atoms with Gasteiger partial charge in [0.25, 0.3) is 0 Å². The number of carboxylic acid groups (broad SMARTS) is 1. The van der Waals surface area contributed by atoms with Crippen LogP contribution in [0.25, 0.3) is 0 Å². The molecule has 1 saturated heterocycles. The standard InChI is InChI=1S/C18H23N3O2/c1-2-21-10-8-19-17(21)13-20-9-4-7-16(12-20)14-5-3-6-15(11-14)18(22)23/h3,5-6,8,10-11,16H,2,4,7,9,12-13H2,1H3,(H,22,23)/t16-/m0/s1. The topological polar surface area (TPSA) is 58.4 Å². The fourth-order valence-electron chi connectivity index (χ4n) is 3.38. The Balaban J connectivity index is 1.71. The lowest BCUT2D eigenvalue weighted by Crippen LogP contribution is -2.34. The first-order chi connectivity index (χ1) is 11.2. The Morgan fingerprint density at radius 1 is 1.43 bits per heavy atom. The molecule has 1 N–H and O–H groups in total. The van der Waals surface area contributed by atoms with Crippen LogP contribution < -0.4 is 0 Å². The first kappa shape index (κ1) is 15.7. The number of piperidine rings is 1. The maximum atomic E-state index is 11.2. The fraction of sp³-hybridized carbons (Fsp3) is 0.444. The Morgan fingerprint density at radius 3 is 3.09 bits per heavy atom. The van der Waals surface area contributed by atoms with E-state index in [0.717, 1.165) is 50.4 Å². The molecule has 23 heavy (non-hydrogen) atoms. The lowest BCUT2D eigenvalue weighted by molar-refractivity contribution is 0.0696. The van der Waals surface area contributed by atoms with Crippen LogP contribution in [-0.2, 0) is 13.1 Å². The van der Waals surface area contributed by atoms with E-state index in [0.29, 0.717) is 11.5 Å². The summed E-state index contributed by atoms with van der Waals surface area (Å²) < 4.78 is 2.18. The molecule has 0 unspecified atom stereocenters. The predicted octanol–water partition coefficient (Wildman–Crippen LogP) is 2.98. The van der Waals surface area contributed by atoms with Crippen LogP contribution in [-0.4, -0.2) is 38.6 Å². The maximum Gasteiger partial charge on any atom is 0.335 e. The summed E-state index contributed by atoms with van der Waals surface area (Å²) in [7, 11) is 0. The van der Waals surface area contributed by atoms with Crippen molar-refractivity contribution in [3.05, 3.63) is 53.6 Å². The van der Waals surface area contributed by atoms with E-state index < -0.39 is 5.97 Å². The highest BCUT2D eigenvalue weighted by atomic mass is 16.4. The van der Waals surface area contributed by atoms with Gasteiger partial charge in [-0.3, -0.25) is 4.90 Å². The molecule has 1 aliphatic rings. The Labute approximate surface area is 136 Å². The van der Waals surface area contributed by atoms with E-state index in [1.54, 1.807) is 6.07 Å². The Bertz CT molecular complexity index is 680. The molecule has 2 heterocycles. The van der Waals surface area contributed by atoms with Crippen LogP contribution >= 0.6 is 0 Å². The monoisotopic (exact) mass is 313 g/mol. The number of likely N-dealkylation sites (tertiary alicyclic amines) is 1. The van der Waals surface area contributed by atoms with Crippen LogP contribution in [0.5, 0.6) is 0 Å². The molecule has 0 bridgehead atoms. The van der Waals surface area contributed by atoms with Gasteiger partial charge in [-0.05, 0) is 49.9 Å². The molecule has 0 amide bonds. The highest BCUT2D eigenvalue weighted by molar-refractivity contribution is 5.87. The minimum Gasteiger partial charge on any atom is -0.478 e. The molecule has 0 aliphatic carbocycles. The zero-order valence-corrected chi connectivity index (χ0v) is 13.5. The van der Waals surface area contributed by atoms with E-state index in [1.807, 2.05) is 30.6 Å². The molecule has 122 valence electrons. The zero-order chi connectivity index (χ0) is 16.2. The smallest absolute Gasteiger partial charge is 0.335 e. The van der Waals surface area contributed by atoms with Crippen molar-refractivity contribution in [2.45, 2.75) is 38.8 Å². The summed E-state index contributed by atoms with van der Waals surface area (Å²) in [5.41, 5.74) is 1.51. The van der Waals surface area contributed by atoms with Gasteiger partial charge in [-0.15, -0.1) is 0 Å². The van der Waals surface area contributed by atoms with Gasteiger partial charge in [0.05, 0.1) is 12.1 Å². The number of aromatic nitrogens is 2. The highest BCUT2D eigenvalue weighted by Gasteiger charge is 2.23. The number of aromatic carboxylic acids is 1. The van der Waals surface area contributed by atoms with Gasteiger partial charge in [-0.2, -0.15) is 0 Å². The number of rotatable bonds is 5. The molecule has 3 rings (SSSR count). The minimum absolute atomic E-state index is 0.376. The van der Waals surface area contributed by atoms with Gasteiger partial charge in [-0.1, -0.05) is 12.1 Å². The summed E-state index contributed by atoms with van der Waals surface area (Å²) in [4.78, 5) is 18.0. The van der Waals surface area contributed by atoms with Gasteiger partial charge in [0.1, 0.15) is 5.82 Å². The van der Waals surface area contributed by atoms with Crippen molar-refractivity contribution in [3.63, 3.8) is 0 Å². The van der Waals surface area contributed by atoms with Gasteiger partial charge >= 0.3 is 5.97 Å². The third kappa shape index (κ3) is 3.62. The summed E-state index contributed by atoms with van der Waals surface area (Å²) in [6.45, 7) is 5.95. The van der Waals surface area contributed by atoms with Gasteiger partial charge in [0, 0.05) is 25.5 Å². The summed E-state index contributed by atoms with van der Waals surface area (Å²) in [6, 6.07) is 7.38. The lowest BCUT2D eigenvalue weighted by Gasteiger charge is -2.33. The van der Waals surface area contributed by atoms with E-state index in [2.05, 4.69) is 21.4 Å². The van der Waals surface area contributed by atoms with Gasteiger partial charge < -0.3 is 9.67 Å². The second kappa shape index (κ2) is 6.96. The number of carboxylic acids is 1. The Kier molecular flexibility index (Phi) is 4.76. The number of nitrogens with zero attached hydrogens (tertiary/aromatic N) is 3. The molecule has 1 aromatic carbocycles. The van der Waals surface area contributed by atoms with E-state index in [-0.39, 0.29) is 0 Å². The summed E-state index contributed by atoms with van der Waals surface area (Å²) >= 11 is 0. The normalized spacial score (nSPS) is 18.9. The zero-order valence-electron chi connectivity index (χ0n) is 13.5. The molecule has 1 aromatic heterocycles. The molecular formula is C18H23N3O2. The number of hydrogen-bond acceptors (Lipinski definition) is 3. The average Bonchev–Trinajstić information content (AvgIpc) is 3.02. The van der Waals surface area contributed by atoms with Crippen molar-refractivity contribution < 1.29 is 9.90 Å². The lowest BCUT2D eigenvalue weighted by atomic mass is 9.89. The van der Waals surface area contributed by atoms with Crippen molar-refractivity contribution in [3.8, 4) is 0 Å². The number of aryl methyl sites for hydroxylation is 1. The molecule has 0 radical (unpaired) electrons. The maximum absolute atomic E-state index is 11.2. The van der Waals surface area contributed by atoms with Gasteiger partial charge in [-0.25, -0.2) is 9.78 Å². The molecule has 5 heteroatoms. The highest BCUT2D eigenvalue weighted by Crippen LogP contribution is 2.28. The van der Waals surface area contributed by atoms with Crippen molar-refractivity contribution in [2.24, 2.45) is 0 Å². The minimum atomic E-state index is -0.857. The Hall–Kier alpha value is -2.14. The van der Waals surface area contributed by atoms with Crippen LogP contribution in [0, 0.1) is 0 Å². The third-order valence-electron chi connectivity index (χ3n) is 4.62. The van der Waals surface area contributed by atoms with Crippen molar-refractivity contribution in [2.75, 3.05) is 13.1 Å². The number of carbonyl (C=O) groups is 1. The first-order valence-electron chi connectivity index (χ1n) is 8.23. The first-order valence-corrected chi connectivity index (χ1v) is 8.23. The summed E-state index contributed by atoms with van der Waals surface area (Å²) in [5.74, 6) is 0.644. The van der Waals surface area contributed by atoms with Crippen LogP contribution in [0.3, 0.4) is 0 Å². The SMILES string of the molecule is CCn1ccnc1CN1CCC[C@H](c2cccc(C(=O)O)c2)C1. The number of benzene rings is 1. The summed E-state index contributed by atoms with van der Waals surface area (Å²) in [5, 5.41) is 9.17. The van der Waals surface area contributed by atoms with Gasteiger partial charge in [0.15, 0.2) is 0 Å². The van der Waals surface area contributed by atoms with Crippen molar-refractivity contribution in [1.82, 2.24) is 14.5 Å². The molecule has 0 spiro atoms. The second-order valence-corrected chi connectivity index (χ2v) is 6.13. The fourth-order valence-corrected chi connectivity index (χ4v) is 3.38. The molecule has 0 saturated carbocycles. The van der Waals surface area contributed by atoms with Crippen LogP contribution in [0.15, 0.2) is 36.7 Å². The van der Waals surface area contributed by atoms with Crippen molar-refractivity contribution >= 4 is 5.97 Å². The summed E-state index contributed by atoms with van der Waals surface area (Å²) in [6.07, 6.45) is 6.13. The van der Waals surface area contributed by atoms with Crippen LogP contribution in [0.4, 0.5) is 0 Å². The number of hydrogen-bond donors (Lipinski definition) is 1. The molecular weight excluding hydrogens is 290 g/mol. The predicted molar refractivity (Wildman–Crippen MR) is 88.6 cm³/mol. The molecule has 1 atom stereocenters. The average molecular weight is 313 g/mol. The Morgan fingerprint density at radius 2 is 2.30 bits per heavy atom. The van der Waals surface area contributed by atoms with Gasteiger partial charge in [0.2, 0.25) is 0 Å². The molecule has 5 nitrogen and oxygen atoms in total. The molecule has 2 aromatic rings. The van der Waals surface area contributed by atoms with E-state index >= 15 is 0 Å². The van der Waals surface area contributed by atoms with Crippen LogP contribution in [0.1, 0.15) is 47.4 Å². The van der Waals surface area contributed by atoms with E-state index in [1.165, 1.54) is 0 Å². The largest absolute Gasteiger partial charge is 0.478 e. The van der Waals surface area contributed by atoms with Crippen molar-refractivity contribution in [1.29, 1.82) is 0 Å². The third-order valence-corrected chi connectivity index (χ3v) is 4.62. The molecule has 1 aliphatic heterocycles. The second-order valence-electron chi connectivity index (χ2n) is 6.13. The quantitative estimate of drug-likeness (QED) is 0.922. The van der Waals surface area contributed by atoms with E-state index in [9.17, 15) is 4.79 Å². The van der Waals surface area contributed by atoms with E-state index in [4.69, 9.17) is 5.11 Å². The molecule has 1 fully saturated rings. The van der Waals surface area contributed by atoms with Crippen LogP contribution in [0.2, 0.25) is 0 Å². The number of imidazole rings is 1.